The maximum atomic E-state index is 14.3. The molecule has 2 aromatic carbocycles. The second kappa shape index (κ2) is 7.50. The number of aromatic amines is 1. The molecular formula is C19H16F2N4OS. The molecule has 2 heterocycles. The second-order valence-electron chi connectivity index (χ2n) is 6.13. The largest absolute Gasteiger partial charge is 0.322 e. The molecule has 1 atom stereocenters. The predicted octanol–water partition coefficient (Wildman–Crippen LogP) is 3.61. The summed E-state index contributed by atoms with van der Waals surface area (Å²) in [5, 5.41) is 13.3. The molecule has 1 saturated heterocycles. The number of halogens is 2. The highest BCUT2D eigenvalue weighted by atomic mass is 32.2. The van der Waals surface area contributed by atoms with Crippen LogP contribution in [0.5, 0.6) is 0 Å². The topological polar surface area (TPSA) is 69.8 Å². The van der Waals surface area contributed by atoms with E-state index in [-0.39, 0.29) is 23.5 Å². The molecule has 5 nitrogen and oxygen atoms in total. The Hall–Kier alpha value is -2.71. The van der Waals surface area contributed by atoms with Gasteiger partial charge in [0.2, 0.25) is 5.91 Å². The first-order chi connectivity index (χ1) is 13.1. The zero-order valence-electron chi connectivity index (χ0n) is 14.1. The van der Waals surface area contributed by atoms with Crippen LogP contribution in [0.3, 0.4) is 0 Å². The summed E-state index contributed by atoms with van der Waals surface area (Å²) in [5.41, 5.74) is 2.05. The Kier molecular flexibility index (Phi) is 4.91. The van der Waals surface area contributed by atoms with E-state index in [1.54, 1.807) is 42.1 Å². The minimum atomic E-state index is -0.529. The molecule has 3 N–H and O–H groups in total. The van der Waals surface area contributed by atoms with Crippen molar-refractivity contribution in [2.45, 2.75) is 6.04 Å². The molecule has 1 aromatic heterocycles. The monoisotopic (exact) mass is 386 g/mol. The Morgan fingerprint density at radius 2 is 2.04 bits per heavy atom. The van der Waals surface area contributed by atoms with Crippen molar-refractivity contribution in [3.8, 4) is 0 Å². The van der Waals surface area contributed by atoms with Crippen LogP contribution < -0.4 is 10.6 Å². The van der Waals surface area contributed by atoms with Gasteiger partial charge in [0, 0.05) is 23.1 Å². The molecule has 0 bridgehead atoms. The fourth-order valence-electron chi connectivity index (χ4n) is 2.81. The molecule has 1 aliphatic rings. The Morgan fingerprint density at radius 3 is 2.78 bits per heavy atom. The fraction of sp³-hybridized carbons (Fsp3) is 0.158. The average Bonchev–Trinajstić information content (AvgIpc) is 3.32. The van der Waals surface area contributed by atoms with Gasteiger partial charge >= 0.3 is 0 Å². The van der Waals surface area contributed by atoms with Crippen LogP contribution in [0.15, 0.2) is 36.4 Å². The van der Waals surface area contributed by atoms with Gasteiger partial charge in [-0.15, -0.1) is 11.8 Å². The van der Waals surface area contributed by atoms with Gasteiger partial charge in [0.1, 0.15) is 11.6 Å². The van der Waals surface area contributed by atoms with E-state index in [9.17, 15) is 13.6 Å². The molecule has 0 radical (unpaired) electrons. The standard InChI is InChI=1S/C19H16F2N4OS/c20-12-4-1-11(2-5-12)3-6-15-13-7-17(14(21)8-16(13)25-24-15)23-19(26)18-9-27-10-22-18/h1-8,18,22H,9-10H2,(H,23,26)(H,24,25)/b6-3+/t18-/m1/s1. The summed E-state index contributed by atoms with van der Waals surface area (Å²) in [7, 11) is 0. The van der Waals surface area contributed by atoms with Crippen molar-refractivity contribution >= 4 is 46.4 Å². The number of hydrogen-bond donors (Lipinski definition) is 3. The molecule has 27 heavy (non-hydrogen) atoms. The number of aromatic nitrogens is 2. The number of fused-ring (bicyclic) bond motifs is 1. The van der Waals surface area contributed by atoms with Crippen molar-refractivity contribution in [3.05, 3.63) is 59.3 Å². The van der Waals surface area contributed by atoms with Crippen molar-refractivity contribution in [1.82, 2.24) is 15.5 Å². The van der Waals surface area contributed by atoms with Gasteiger partial charge in [-0.3, -0.25) is 15.2 Å². The summed E-state index contributed by atoms with van der Waals surface area (Å²) in [5.74, 6) is 0.278. The molecule has 0 aliphatic carbocycles. The number of carbonyl (C=O) groups is 1. The van der Waals surface area contributed by atoms with Crippen LogP contribution in [0, 0.1) is 11.6 Å². The number of benzene rings is 2. The predicted molar refractivity (Wildman–Crippen MR) is 104 cm³/mol. The highest BCUT2D eigenvalue weighted by molar-refractivity contribution is 7.99. The third-order valence-electron chi connectivity index (χ3n) is 4.27. The summed E-state index contributed by atoms with van der Waals surface area (Å²) in [6.07, 6.45) is 3.54. The minimum Gasteiger partial charge on any atom is -0.322 e. The van der Waals surface area contributed by atoms with Crippen LogP contribution in [0.2, 0.25) is 0 Å². The maximum absolute atomic E-state index is 14.3. The molecule has 0 unspecified atom stereocenters. The smallest absolute Gasteiger partial charge is 0.242 e. The van der Waals surface area contributed by atoms with E-state index in [2.05, 4.69) is 20.8 Å². The van der Waals surface area contributed by atoms with Crippen molar-refractivity contribution < 1.29 is 13.6 Å². The number of hydrogen-bond acceptors (Lipinski definition) is 4. The van der Waals surface area contributed by atoms with E-state index in [4.69, 9.17) is 0 Å². The molecule has 3 aromatic rings. The second-order valence-corrected chi connectivity index (χ2v) is 7.16. The molecule has 1 fully saturated rings. The molecule has 1 aliphatic heterocycles. The average molecular weight is 386 g/mol. The van der Waals surface area contributed by atoms with Gasteiger partial charge in [0.05, 0.1) is 22.9 Å². The number of nitrogens with zero attached hydrogens (tertiary/aromatic N) is 1. The lowest BCUT2D eigenvalue weighted by Crippen LogP contribution is -2.37. The quantitative estimate of drug-likeness (QED) is 0.641. The third kappa shape index (κ3) is 3.86. The van der Waals surface area contributed by atoms with Crippen LogP contribution in [-0.4, -0.2) is 33.8 Å². The first kappa shape index (κ1) is 17.7. The Labute approximate surface area is 158 Å². The van der Waals surface area contributed by atoms with E-state index < -0.39 is 5.82 Å². The van der Waals surface area contributed by atoms with Gasteiger partial charge in [-0.2, -0.15) is 5.10 Å². The van der Waals surface area contributed by atoms with Crippen LogP contribution in [-0.2, 0) is 4.79 Å². The molecule has 0 saturated carbocycles. The number of carbonyl (C=O) groups excluding carboxylic acids is 1. The first-order valence-electron chi connectivity index (χ1n) is 8.33. The minimum absolute atomic E-state index is 0.115. The molecule has 1 amide bonds. The lowest BCUT2D eigenvalue weighted by Gasteiger charge is -2.11. The Bertz CT molecular complexity index is 1010. The van der Waals surface area contributed by atoms with E-state index in [0.717, 1.165) is 5.56 Å². The van der Waals surface area contributed by atoms with Crippen molar-refractivity contribution in [2.24, 2.45) is 0 Å². The molecular weight excluding hydrogens is 370 g/mol. The van der Waals surface area contributed by atoms with Crippen LogP contribution in [0.25, 0.3) is 23.1 Å². The number of anilines is 1. The zero-order chi connectivity index (χ0) is 18.8. The number of nitrogens with one attached hydrogen (secondary N) is 3. The lowest BCUT2D eigenvalue weighted by molar-refractivity contribution is -0.117. The summed E-state index contributed by atoms with van der Waals surface area (Å²) >= 11 is 1.62. The maximum Gasteiger partial charge on any atom is 0.242 e. The van der Waals surface area contributed by atoms with Gasteiger partial charge in [-0.05, 0) is 29.8 Å². The summed E-state index contributed by atoms with van der Waals surface area (Å²) in [6, 6.07) is 8.61. The van der Waals surface area contributed by atoms with Crippen molar-refractivity contribution in [1.29, 1.82) is 0 Å². The Balaban J connectivity index is 1.61. The van der Waals surface area contributed by atoms with Gasteiger partial charge in [0.25, 0.3) is 0 Å². The van der Waals surface area contributed by atoms with Gasteiger partial charge < -0.3 is 5.32 Å². The van der Waals surface area contributed by atoms with Gasteiger partial charge in [-0.25, -0.2) is 8.78 Å². The highest BCUT2D eigenvalue weighted by Gasteiger charge is 2.23. The number of rotatable bonds is 4. The molecule has 138 valence electrons. The Morgan fingerprint density at radius 1 is 1.22 bits per heavy atom. The van der Waals surface area contributed by atoms with Crippen LogP contribution >= 0.6 is 11.8 Å². The van der Waals surface area contributed by atoms with E-state index in [1.807, 2.05) is 0 Å². The highest BCUT2D eigenvalue weighted by Crippen LogP contribution is 2.26. The fourth-order valence-corrected chi connectivity index (χ4v) is 3.76. The van der Waals surface area contributed by atoms with Crippen LogP contribution in [0.4, 0.5) is 14.5 Å². The number of amides is 1. The SMILES string of the molecule is O=C(Nc1cc2c(/C=C/c3ccc(F)cc3)n[nH]c2cc1F)[C@H]1CSCN1. The zero-order valence-corrected chi connectivity index (χ0v) is 14.9. The van der Waals surface area contributed by atoms with Gasteiger partial charge in [0.15, 0.2) is 0 Å². The number of thioether (sulfide) groups is 1. The van der Waals surface area contributed by atoms with Crippen molar-refractivity contribution in [3.63, 3.8) is 0 Å². The van der Waals surface area contributed by atoms with Crippen LogP contribution in [0.1, 0.15) is 11.3 Å². The first-order valence-corrected chi connectivity index (χ1v) is 9.49. The third-order valence-corrected chi connectivity index (χ3v) is 5.21. The molecule has 8 heteroatoms. The molecule has 4 rings (SSSR count). The van der Waals surface area contributed by atoms with E-state index in [1.165, 1.54) is 18.2 Å². The van der Waals surface area contributed by atoms with Gasteiger partial charge in [-0.1, -0.05) is 18.2 Å². The normalized spacial score (nSPS) is 17.0. The summed E-state index contributed by atoms with van der Waals surface area (Å²) in [6.45, 7) is 0. The summed E-state index contributed by atoms with van der Waals surface area (Å²) < 4.78 is 27.3. The lowest BCUT2D eigenvalue weighted by atomic mass is 10.1. The van der Waals surface area contributed by atoms with Crippen molar-refractivity contribution in [2.75, 3.05) is 16.9 Å². The number of H-pyrrole nitrogens is 1. The molecule has 0 spiro atoms. The van der Waals surface area contributed by atoms with E-state index >= 15 is 0 Å². The summed E-state index contributed by atoms with van der Waals surface area (Å²) in [4.78, 5) is 12.2. The van der Waals surface area contributed by atoms with E-state index in [0.29, 0.717) is 28.2 Å².